The van der Waals surface area contributed by atoms with Gasteiger partial charge in [-0.15, -0.1) is 0 Å². The molecule has 1 unspecified atom stereocenters. The molecule has 0 saturated heterocycles. The van der Waals surface area contributed by atoms with Crippen molar-refractivity contribution < 1.29 is 4.79 Å². The van der Waals surface area contributed by atoms with Gasteiger partial charge in [-0.3, -0.25) is 9.48 Å². The van der Waals surface area contributed by atoms with E-state index in [0.717, 1.165) is 25.9 Å². The molecule has 0 aliphatic carbocycles. The minimum Gasteiger partial charge on any atom is -0.368 e. The molecule has 0 radical (unpaired) electrons. The van der Waals surface area contributed by atoms with E-state index in [4.69, 9.17) is 17.3 Å². The Morgan fingerprint density at radius 1 is 1.67 bits per heavy atom. The van der Waals surface area contributed by atoms with Crippen LogP contribution in [0.15, 0.2) is 12.4 Å². The van der Waals surface area contributed by atoms with Gasteiger partial charge in [-0.1, -0.05) is 18.5 Å². The van der Waals surface area contributed by atoms with Gasteiger partial charge in [0.15, 0.2) is 0 Å². The van der Waals surface area contributed by atoms with Gasteiger partial charge in [0.1, 0.15) is 0 Å². The molecule has 0 aromatic carbocycles. The van der Waals surface area contributed by atoms with Crippen molar-refractivity contribution in [3.63, 3.8) is 0 Å². The number of hydrogen-bond acceptors (Lipinski definition) is 3. The number of carbonyl (C=O) groups is 1. The maximum atomic E-state index is 11.5. The molecule has 0 aliphatic heterocycles. The number of amides is 1. The number of aromatic nitrogens is 2. The third-order valence-corrected chi connectivity index (χ3v) is 3.17. The van der Waals surface area contributed by atoms with Crippen LogP contribution in [-0.2, 0) is 11.3 Å². The Kier molecular flexibility index (Phi) is 5.62. The molecule has 1 aromatic heterocycles. The lowest BCUT2D eigenvalue weighted by Crippen LogP contribution is -2.53. The summed E-state index contributed by atoms with van der Waals surface area (Å²) in [5.74, 6) is -0.311. The molecule has 0 spiro atoms. The van der Waals surface area contributed by atoms with Crippen molar-refractivity contribution in [3.8, 4) is 0 Å². The minimum atomic E-state index is -0.646. The minimum absolute atomic E-state index is 0.311. The molecule has 5 nitrogen and oxygen atoms in total. The van der Waals surface area contributed by atoms with Gasteiger partial charge in [-0.05, 0) is 32.7 Å². The fraction of sp³-hybridized carbons (Fsp3) is 0.667. The summed E-state index contributed by atoms with van der Waals surface area (Å²) in [7, 11) is 0. The van der Waals surface area contributed by atoms with Gasteiger partial charge < -0.3 is 11.1 Å². The van der Waals surface area contributed by atoms with Crippen LogP contribution in [0.1, 0.15) is 33.1 Å². The summed E-state index contributed by atoms with van der Waals surface area (Å²) in [5.41, 5.74) is 4.80. The predicted molar refractivity (Wildman–Crippen MR) is 72.4 cm³/mol. The summed E-state index contributed by atoms with van der Waals surface area (Å²) in [6, 6.07) is 0. The van der Waals surface area contributed by atoms with E-state index in [1.54, 1.807) is 17.1 Å². The average molecular weight is 273 g/mol. The van der Waals surface area contributed by atoms with Crippen LogP contribution in [-0.4, -0.2) is 27.8 Å². The lowest BCUT2D eigenvalue weighted by Gasteiger charge is -2.27. The predicted octanol–water partition coefficient (Wildman–Crippen LogP) is 1.56. The third-order valence-electron chi connectivity index (χ3n) is 2.97. The van der Waals surface area contributed by atoms with Crippen molar-refractivity contribution in [2.75, 3.05) is 6.54 Å². The number of aryl methyl sites for hydroxylation is 1. The average Bonchev–Trinajstić information content (AvgIpc) is 2.72. The van der Waals surface area contributed by atoms with Gasteiger partial charge in [0, 0.05) is 12.7 Å². The van der Waals surface area contributed by atoms with Gasteiger partial charge in [0.2, 0.25) is 5.91 Å². The molecular formula is C12H21ClN4O. The van der Waals surface area contributed by atoms with E-state index >= 15 is 0 Å². The zero-order chi connectivity index (χ0) is 13.6. The van der Waals surface area contributed by atoms with Crippen molar-refractivity contribution in [2.45, 2.75) is 45.2 Å². The SMILES string of the molecule is CCCNC(C)(CCCn1cc(Cl)cn1)C(N)=O. The summed E-state index contributed by atoms with van der Waals surface area (Å²) in [6.07, 6.45) is 5.83. The number of nitrogens with two attached hydrogens (primary N) is 1. The first-order valence-electron chi connectivity index (χ1n) is 6.21. The maximum Gasteiger partial charge on any atom is 0.237 e. The van der Waals surface area contributed by atoms with E-state index < -0.39 is 5.54 Å². The van der Waals surface area contributed by atoms with Crippen LogP contribution in [0.3, 0.4) is 0 Å². The van der Waals surface area contributed by atoms with Crippen LogP contribution in [0.4, 0.5) is 0 Å². The Hall–Kier alpha value is -1.07. The van der Waals surface area contributed by atoms with Crippen molar-refractivity contribution in [2.24, 2.45) is 5.73 Å². The molecule has 1 rings (SSSR count). The lowest BCUT2D eigenvalue weighted by molar-refractivity contribution is -0.124. The second-order valence-corrected chi connectivity index (χ2v) is 5.08. The molecular weight excluding hydrogens is 252 g/mol. The molecule has 0 aliphatic rings. The molecule has 6 heteroatoms. The normalized spacial score (nSPS) is 14.4. The monoisotopic (exact) mass is 272 g/mol. The van der Waals surface area contributed by atoms with Crippen molar-refractivity contribution in [1.82, 2.24) is 15.1 Å². The van der Waals surface area contributed by atoms with Crippen LogP contribution in [0, 0.1) is 0 Å². The van der Waals surface area contributed by atoms with Crippen LogP contribution in [0.5, 0.6) is 0 Å². The highest BCUT2D eigenvalue weighted by atomic mass is 35.5. The van der Waals surface area contributed by atoms with Gasteiger partial charge in [-0.25, -0.2) is 0 Å². The van der Waals surface area contributed by atoms with Gasteiger partial charge >= 0.3 is 0 Å². The van der Waals surface area contributed by atoms with Gasteiger partial charge in [-0.2, -0.15) is 5.10 Å². The highest BCUT2D eigenvalue weighted by Gasteiger charge is 2.29. The molecule has 0 fully saturated rings. The Balaban J connectivity index is 2.44. The van der Waals surface area contributed by atoms with Gasteiger partial charge in [0.05, 0.1) is 16.8 Å². The Morgan fingerprint density at radius 2 is 2.39 bits per heavy atom. The molecule has 1 aromatic rings. The summed E-state index contributed by atoms with van der Waals surface area (Å²) >= 11 is 5.78. The second kappa shape index (κ2) is 6.75. The summed E-state index contributed by atoms with van der Waals surface area (Å²) < 4.78 is 1.77. The molecule has 0 bridgehead atoms. The topological polar surface area (TPSA) is 72.9 Å². The highest BCUT2D eigenvalue weighted by Crippen LogP contribution is 2.13. The maximum absolute atomic E-state index is 11.5. The van der Waals surface area contributed by atoms with E-state index in [2.05, 4.69) is 17.3 Å². The number of rotatable bonds is 8. The quantitative estimate of drug-likeness (QED) is 0.754. The zero-order valence-corrected chi connectivity index (χ0v) is 11.7. The van der Waals surface area contributed by atoms with Crippen molar-refractivity contribution >= 4 is 17.5 Å². The molecule has 102 valence electrons. The van der Waals surface area contributed by atoms with E-state index in [0.29, 0.717) is 11.4 Å². The van der Waals surface area contributed by atoms with E-state index in [1.165, 1.54) is 0 Å². The lowest BCUT2D eigenvalue weighted by atomic mass is 9.94. The third kappa shape index (κ3) is 4.31. The fourth-order valence-corrected chi connectivity index (χ4v) is 1.91. The van der Waals surface area contributed by atoms with Crippen LogP contribution in [0.2, 0.25) is 5.02 Å². The molecule has 3 N–H and O–H groups in total. The molecule has 0 saturated carbocycles. The second-order valence-electron chi connectivity index (χ2n) is 4.65. The standard InChI is InChI=1S/C12H21ClN4O/c1-3-6-15-12(2,11(14)18)5-4-7-17-9-10(13)8-16-17/h8-9,15H,3-7H2,1-2H3,(H2,14,18). The zero-order valence-electron chi connectivity index (χ0n) is 10.9. The Morgan fingerprint density at radius 3 is 2.89 bits per heavy atom. The molecule has 1 atom stereocenters. The van der Waals surface area contributed by atoms with E-state index in [-0.39, 0.29) is 5.91 Å². The summed E-state index contributed by atoms with van der Waals surface area (Å²) in [6.45, 7) is 5.41. The first-order chi connectivity index (χ1) is 8.48. The fourth-order valence-electron chi connectivity index (χ4n) is 1.75. The number of carbonyl (C=O) groups excluding carboxylic acids is 1. The number of primary amides is 1. The number of nitrogens with zero attached hydrogens (tertiary/aromatic N) is 2. The van der Waals surface area contributed by atoms with Crippen molar-refractivity contribution in [1.29, 1.82) is 0 Å². The Bertz CT molecular complexity index is 393. The van der Waals surface area contributed by atoms with E-state index in [9.17, 15) is 4.79 Å². The first kappa shape index (κ1) is 15.0. The largest absolute Gasteiger partial charge is 0.368 e. The van der Waals surface area contributed by atoms with Gasteiger partial charge in [0.25, 0.3) is 0 Å². The number of nitrogens with one attached hydrogen (secondary N) is 1. The summed E-state index contributed by atoms with van der Waals surface area (Å²) in [5, 5.41) is 7.92. The molecule has 1 heterocycles. The molecule has 1 amide bonds. The number of hydrogen-bond donors (Lipinski definition) is 2. The highest BCUT2D eigenvalue weighted by molar-refractivity contribution is 6.30. The van der Waals surface area contributed by atoms with E-state index in [1.807, 2.05) is 6.92 Å². The molecule has 18 heavy (non-hydrogen) atoms. The van der Waals surface area contributed by atoms with Crippen molar-refractivity contribution in [3.05, 3.63) is 17.4 Å². The number of halogens is 1. The Labute approximate surface area is 113 Å². The van der Waals surface area contributed by atoms with Crippen LogP contribution in [0.25, 0.3) is 0 Å². The smallest absolute Gasteiger partial charge is 0.237 e. The first-order valence-corrected chi connectivity index (χ1v) is 6.58. The summed E-state index contributed by atoms with van der Waals surface area (Å²) in [4.78, 5) is 11.5. The van der Waals surface area contributed by atoms with Crippen LogP contribution < -0.4 is 11.1 Å². The van der Waals surface area contributed by atoms with Crippen LogP contribution >= 0.6 is 11.6 Å².